The molecule has 1 aromatic carbocycles. The molecule has 0 radical (unpaired) electrons. The minimum absolute atomic E-state index is 0.659. The van der Waals surface area contributed by atoms with Crippen molar-refractivity contribution in [2.24, 2.45) is 0 Å². The van der Waals surface area contributed by atoms with Crippen molar-refractivity contribution >= 4 is 5.82 Å². The standard InChI is InChI=1S/C16H21N3O2/c1-6-14-10(2)18-15(19-16(14)17-3)11-7-12(20-4)9-13(8-11)21-5/h7-9H,6H2,1-5H3,(H,17,18,19). The van der Waals surface area contributed by atoms with Crippen LogP contribution in [-0.2, 0) is 6.42 Å². The van der Waals surface area contributed by atoms with E-state index in [4.69, 9.17) is 9.47 Å². The van der Waals surface area contributed by atoms with Gasteiger partial charge in [-0.3, -0.25) is 0 Å². The zero-order valence-corrected chi connectivity index (χ0v) is 13.2. The third-order valence-electron chi connectivity index (χ3n) is 3.41. The number of ether oxygens (including phenoxy) is 2. The lowest BCUT2D eigenvalue weighted by molar-refractivity contribution is 0.394. The largest absolute Gasteiger partial charge is 0.497 e. The first kappa shape index (κ1) is 15.1. The van der Waals surface area contributed by atoms with Gasteiger partial charge in [0.2, 0.25) is 0 Å². The maximum atomic E-state index is 5.30. The zero-order valence-electron chi connectivity index (χ0n) is 13.2. The molecular formula is C16H21N3O2. The molecule has 2 aromatic rings. The van der Waals surface area contributed by atoms with Crippen LogP contribution < -0.4 is 14.8 Å². The molecule has 0 amide bonds. The molecule has 5 heteroatoms. The summed E-state index contributed by atoms with van der Waals surface area (Å²) in [6.45, 7) is 4.10. The molecule has 0 aliphatic carbocycles. The molecule has 0 fully saturated rings. The molecule has 112 valence electrons. The summed E-state index contributed by atoms with van der Waals surface area (Å²) >= 11 is 0. The van der Waals surface area contributed by atoms with Crippen LogP contribution in [0.2, 0.25) is 0 Å². The molecule has 0 aliphatic rings. The fourth-order valence-corrected chi connectivity index (χ4v) is 2.29. The first-order valence-corrected chi connectivity index (χ1v) is 6.91. The van der Waals surface area contributed by atoms with Crippen molar-refractivity contribution in [2.45, 2.75) is 20.3 Å². The molecular weight excluding hydrogens is 266 g/mol. The van der Waals surface area contributed by atoms with Gasteiger partial charge in [-0.25, -0.2) is 9.97 Å². The molecule has 0 unspecified atom stereocenters. The topological polar surface area (TPSA) is 56.3 Å². The summed E-state index contributed by atoms with van der Waals surface area (Å²) in [6.07, 6.45) is 0.893. The summed E-state index contributed by atoms with van der Waals surface area (Å²) in [5.41, 5.74) is 2.98. The summed E-state index contributed by atoms with van der Waals surface area (Å²) in [5, 5.41) is 3.14. The summed E-state index contributed by atoms with van der Waals surface area (Å²) < 4.78 is 10.6. The Morgan fingerprint density at radius 2 is 1.67 bits per heavy atom. The highest BCUT2D eigenvalue weighted by molar-refractivity contribution is 5.63. The molecule has 2 rings (SSSR count). The van der Waals surface area contributed by atoms with E-state index in [0.29, 0.717) is 5.82 Å². The number of hydrogen-bond acceptors (Lipinski definition) is 5. The van der Waals surface area contributed by atoms with Crippen LogP contribution in [0.5, 0.6) is 11.5 Å². The number of benzene rings is 1. The molecule has 0 aliphatic heterocycles. The normalized spacial score (nSPS) is 10.3. The monoisotopic (exact) mass is 287 g/mol. The van der Waals surface area contributed by atoms with Crippen LogP contribution in [0.1, 0.15) is 18.2 Å². The quantitative estimate of drug-likeness (QED) is 0.916. The van der Waals surface area contributed by atoms with Gasteiger partial charge in [0.05, 0.1) is 14.2 Å². The van der Waals surface area contributed by atoms with E-state index >= 15 is 0 Å². The minimum atomic E-state index is 0.659. The van der Waals surface area contributed by atoms with E-state index in [1.54, 1.807) is 14.2 Å². The van der Waals surface area contributed by atoms with E-state index in [-0.39, 0.29) is 0 Å². The molecule has 1 N–H and O–H groups in total. The predicted molar refractivity (Wildman–Crippen MR) is 84.2 cm³/mol. The van der Waals surface area contributed by atoms with E-state index in [9.17, 15) is 0 Å². The molecule has 5 nitrogen and oxygen atoms in total. The zero-order chi connectivity index (χ0) is 15.4. The fraction of sp³-hybridized carbons (Fsp3) is 0.375. The first-order valence-electron chi connectivity index (χ1n) is 6.91. The third-order valence-corrected chi connectivity index (χ3v) is 3.41. The third kappa shape index (κ3) is 3.07. The molecule has 0 bridgehead atoms. The molecule has 0 atom stereocenters. The van der Waals surface area contributed by atoms with Crippen LogP contribution >= 0.6 is 0 Å². The van der Waals surface area contributed by atoms with Crippen molar-refractivity contribution in [1.82, 2.24) is 9.97 Å². The summed E-state index contributed by atoms with van der Waals surface area (Å²) in [6, 6.07) is 5.64. The Labute approximate surface area is 125 Å². The van der Waals surface area contributed by atoms with Crippen LogP contribution in [0.25, 0.3) is 11.4 Å². The van der Waals surface area contributed by atoms with Gasteiger partial charge in [-0.1, -0.05) is 6.92 Å². The van der Waals surface area contributed by atoms with Crippen molar-refractivity contribution < 1.29 is 9.47 Å². The van der Waals surface area contributed by atoms with E-state index in [2.05, 4.69) is 22.2 Å². The second-order valence-corrected chi connectivity index (χ2v) is 4.66. The molecule has 0 saturated carbocycles. The molecule has 1 aromatic heterocycles. The maximum Gasteiger partial charge on any atom is 0.162 e. The van der Waals surface area contributed by atoms with Gasteiger partial charge in [-0.15, -0.1) is 0 Å². The minimum Gasteiger partial charge on any atom is -0.497 e. The van der Waals surface area contributed by atoms with E-state index in [1.165, 1.54) is 0 Å². The highest BCUT2D eigenvalue weighted by atomic mass is 16.5. The number of aryl methyl sites for hydroxylation is 1. The highest BCUT2D eigenvalue weighted by Gasteiger charge is 2.12. The van der Waals surface area contributed by atoms with E-state index in [0.717, 1.165) is 40.6 Å². The van der Waals surface area contributed by atoms with Gasteiger partial charge in [-0.2, -0.15) is 0 Å². The number of nitrogens with one attached hydrogen (secondary N) is 1. The van der Waals surface area contributed by atoms with Crippen molar-refractivity contribution in [3.8, 4) is 22.9 Å². The van der Waals surface area contributed by atoms with Gasteiger partial charge in [0.15, 0.2) is 5.82 Å². The van der Waals surface area contributed by atoms with E-state index in [1.807, 2.05) is 32.2 Å². The van der Waals surface area contributed by atoms with Gasteiger partial charge < -0.3 is 14.8 Å². The number of methoxy groups -OCH3 is 2. The first-order chi connectivity index (χ1) is 10.1. The highest BCUT2D eigenvalue weighted by Crippen LogP contribution is 2.29. The Bertz CT molecular complexity index is 619. The van der Waals surface area contributed by atoms with Crippen molar-refractivity contribution in [3.63, 3.8) is 0 Å². The smallest absolute Gasteiger partial charge is 0.162 e. The molecule has 21 heavy (non-hydrogen) atoms. The van der Waals surface area contributed by atoms with Crippen LogP contribution in [0.4, 0.5) is 5.82 Å². The number of rotatable bonds is 5. The lowest BCUT2D eigenvalue weighted by Crippen LogP contribution is -2.05. The maximum absolute atomic E-state index is 5.30. The Hall–Kier alpha value is -2.30. The summed E-state index contributed by atoms with van der Waals surface area (Å²) in [7, 11) is 5.13. The Kier molecular flexibility index (Phi) is 4.62. The average Bonchev–Trinajstić information content (AvgIpc) is 2.53. The predicted octanol–water partition coefficient (Wildman–Crippen LogP) is 3.07. The van der Waals surface area contributed by atoms with Crippen LogP contribution in [-0.4, -0.2) is 31.2 Å². The van der Waals surface area contributed by atoms with Crippen LogP contribution in [0.15, 0.2) is 18.2 Å². The summed E-state index contributed by atoms with van der Waals surface area (Å²) in [4.78, 5) is 9.22. The lowest BCUT2D eigenvalue weighted by Gasteiger charge is -2.13. The number of nitrogens with zero attached hydrogens (tertiary/aromatic N) is 2. The average molecular weight is 287 g/mol. The SMILES string of the molecule is CCc1c(C)nc(-c2cc(OC)cc(OC)c2)nc1NC. The molecule has 0 saturated heterocycles. The number of aromatic nitrogens is 2. The van der Waals surface area contributed by atoms with Crippen LogP contribution in [0.3, 0.4) is 0 Å². The van der Waals surface area contributed by atoms with Crippen LogP contribution in [0, 0.1) is 6.92 Å². The van der Waals surface area contributed by atoms with Gasteiger partial charge >= 0.3 is 0 Å². The Morgan fingerprint density at radius 3 is 2.14 bits per heavy atom. The van der Waals surface area contributed by atoms with Gasteiger partial charge in [0.1, 0.15) is 17.3 Å². The lowest BCUT2D eigenvalue weighted by atomic mass is 10.1. The van der Waals surface area contributed by atoms with E-state index < -0.39 is 0 Å². The van der Waals surface area contributed by atoms with Crippen molar-refractivity contribution in [2.75, 3.05) is 26.6 Å². The Balaban J connectivity index is 2.58. The van der Waals surface area contributed by atoms with Crippen molar-refractivity contribution in [3.05, 3.63) is 29.5 Å². The summed E-state index contributed by atoms with van der Waals surface area (Å²) in [5.74, 6) is 2.96. The number of hydrogen-bond donors (Lipinski definition) is 1. The van der Waals surface area contributed by atoms with Gasteiger partial charge in [-0.05, 0) is 25.5 Å². The molecule has 1 heterocycles. The fourth-order valence-electron chi connectivity index (χ4n) is 2.29. The molecule has 0 spiro atoms. The van der Waals surface area contributed by atoms with Crippen molar-refractivity contribution in [1.29, 1.82) is 0 Å². The second kappa shape index (κ2) is 6.43. The number of anilines is 1. The van der Waals surface area contributed by atoms with Gasteiger partial charge in [0, 0.05) is 29.9 Å². The Morgan fingerprint density at radius 1 is 1.05 bits per heavy atom. The second-order valence-electron chi connectivity index (χ2n) is 4.66. The van der Waals surface area contributed by atoms with Gasteiger partial charge in [0.25, 0.3) is 0 Å².